The fraction of sp³-hybridized carbons (Fsp3) is 0.429. The number of benzene rings is 2. The predicted octanol–water partition coefficient (Wildman–Crippen LogP) is 5.15. The van der Waals surface area contributed by atoms with Crippen molar-refractivity contribution in [3.63, 3.8) is 0 Å². The Morgan fingerprint density at radius 2 is 1.95 bits per heavy atom. The quantitative estimate of drug-likeness (QED) is 0.382. The maximum atomic E-state index is 14.1. The van der Waals surface area contributed by atoms with Gasteiger partial charge in [0, 0.05) is 11.1 Å². The number of hydrogen-bond acceptors (Lipinski definition) is 6. The van der Waals surface area contributed by atoms with Crippen LogP contribution in [0.25, 0.3) is 0 Å². The molecule has 1 saturated carbocycles. The molecule has 5 rings (SSSR count). The Morgan fingerprint density at radius 1 is 1.18 bits per heavy atom. The second-order valence-corrected chi connectivity index (χ2v) is 10.5. The third-order valence-corrected chi connectivity index (χ3v) is 7.82. The Morgan fingerprint density at radius 3 is 2.62 bits per heavy atom. The standard InChI is InChI=1S/C28H31ClFN7O2/c1-2-3-7-23(18-8-10-19(11-9-18)26(38)31-17-24-33-35-36-34-24)37-27(39)25(20-12-13-22(30)21(29)16-20)32-28(37)14-5-4-6-15-28/h8-13,16,23H,2-7,14-15,17H2,1H3,(H,31,38)(H,33,34,35,36). The Kier molecular flexibility index (Phi) is 8.02. The molecule has 1 atom stereocenters. The summed E-state index contributed by atoms with van der Waals surface area (Å²) in [6.45, 7) is 2.29. The van der Waals surface area contributed by atoms with E-state index in [2.05, 4.69) is 32.9 Å². The molecule has 204 valence electrons. The summed E-state index contributed by atoms with van der Waals surface area (Å²) in [5.74, 6) is -0.556. The minimum Gasteiger partial charge on any atom is -0.345 e. The number of amides is 2. The number of nitrogens with one attached hydrogen (secondary N) is 2. The number of aliphatic imine (C=N–C) groups is 1. The first-order valence-electron chi connectivity index (χ1n) is 13.4. The smallest absolute Gasteiger partial charge is 0.275 e. The molecule has 2 aromatic carbocycles. The van der Waals surface area contributed by atoms with E-state index < -0.39 is 11.5 Å². The lowest BCUT2D eigenvalue weighted by molar-refractivity contribution is -0.132. The van der Waals surface area contributed by atoms with Gasteiger partial charge in [-0.25, -0.2) is 4.39 Å². The van der Waals surface area contributed by atoms with Crippen LogP contribution in [0.1, 0.15) is 91.6 Å². The molecule has 1 aliphatic carbocycles. The number of nitrogens with zero attached hydrogens (tertiary/aromatic N) is 5. The van der Waals surface area contributed by atoms with Crippen LogP contribution in [-0.2, 0) is 11.3 Å². The zero-order chi connectivity index (χ0) is 27.4. The average Bonchev–Trinajstić information content (AvgIpc) is 3.57. The molecule has 9 nitrogen and oxygen atoms in total. The van der Waals surface area contributed by atoms with Crippen molar-refractivity contribution in [3.8, 4) is 0 Å². The van der Waals surface area contributed by atoms with Crippen molar-refractivity contribution in [2.24, 2.45) is 4.99 Å². The highest BCUT2D eigenvalue weighted by Gasteiger charge is 2.50. The zero-order valence-corrected chi connectivity index (χ0v) is 22.5. The summed E-state index contributed by atoms with van der Waals surface area (Å²) in [6, 6.07) is 11.5. The van der Waals surface area contributed by atoms with Crippen LogP contribution >= 0.6 is 11.6 Å². The van der Waals surface area contributed by atoms with Gasteiger partial charge in [0.25, 0.3) is 11.8 Å². The highest BCUT2D eigenvalue weighted by Crippen LogP contribution is 2.45. The molecule has 1 unspecified atom stereocenters. The molecule has 1 aromatic heterocycles. The molecule has 2 amide bonds. The third-order valence-electron chi connectivity index (χ3n) is 7.53. The van der Waals surface area contributed by atoms with Crippen molar-refractivity contribution in [3.05, 3.63) is 75.8 Å². The summed E-state index contributed by atoms with van der Waals surface area (Å²) in [5, 5.41) is 16.3. The second kappa shape index (κ2) is 11.6. The maximum absolute atomic E-state index is 14.1. The number of carbonyl (C=O) groups excluding carboxylic acids is 2. The number of hydrogen-bond donors (Lipinski definition) is 2. The van der Waals surface area contributed by atoms with Crippen molar-refractivity contribution < 1.29 is 14.0 Å². The van der Waals surface area contributed by atoms with E-state index >= 15 is 0 Å². The van der Waals surface area contributed by atoms with Crippen molar-refractivity contribution in [2.75, 3.05) is 0 Å². The van der Waals surface area contributed by atoms with E-state index in [0.717, 1.165) is 56.9 Å². The van der Waals surface area contributed by atoms with Gasteiger partial charge in [0.1, 0.15) is 17.2 Å². The van der Waals surface area contributed by atoms with Crippen LogP contribution in [-0.4, -0.2) is 48.7 Å². The second-order valence-electron chi connectivity index (χ2n) is 10.1. The number of halogens is 2. The molecule has 39 heavy (non-hydrogen) atoms. The molecular weight excluding hydrogens is 521 g/mol. The number of aromatic amines is 1. The molecular formula is C28H31ClFN7O2. The van der Waals surface area contributed by atoms with Gasteiger partial charge >= 0.3 is 0 Å². The molecule has 2 N–H and O–H groups in total. The van der Waals surface area contributed by atoms with Gasteiger partial charge in [-0.1, -0.05) is 55.1 Å². The lowest BCUT2D eigenvalue weighted by Crippen LogP contribution is -2.50. The number of aromatic nitrogens is 4. The molecule has 11 heteroatoms. The molecule has 0 bridgehead atoms. The van der Waals surface area contributed by atoms with Crippen molar-refractivity contribution in [1.29, 1.82) is 0 Å². The Balaban J connectivity index is 1.45. The Hall–Kier alpha value is -3.66. The van der Waals surface area contributed by atoms with E-state index in [-0.39, 0.29) is 29.4 Å². The van der Waals surface area contributed by atoms with Crippen LogP contribution in [0.5, 0.6) is 0 Å². The normalized spacial score (nSPS) is 17.4. The predicted molar refractivity (Wildman–Crippen MR) is 145 cm³/mol. The summed E-state index contributed by atoms with van der Waals surface area (Å²) >= 11 is 6.07. The van der Waals surface area contributed by atoms with Crippen LogP contribution in [0, 0.1) is 5.82 Å². The van der Waals surface area contributed by atoms with Gasteiger partial charge in [-0.2, -0.15) is 5.21 Å². The summed E-state index contributed by atoms with van der Waals surface area (Å²) in [7, 11) is 0. The van der Waals surface area contributed by atoms with Gasteiger partial charge in [-0.05, 0) is 68.0 Å². The lowest BCUT2D eigenvalue weighted by atomic mass is 9.86. The fourth-order valence-electron chi connectivity index (χ4n) is 5.56. The van der Waals surface area contributed by atoms with Crippen LogP contribution in [0.2, 0.25) is 5.02 Å². The van der Waals surface area contributed by atoms with Gasteiger partial charge < -0.3 is 10.2 Å². The number of H-pyrrole nitrogens is 1. The SMILES string of the molecule is CCCCC(c1ccc(C(=O)NCc2nn[nH]n2)cc1)N1C(=O)C(c2ccc(F)c(Cl)c2)=NC12CCCCC2. The number of tetrazole rings is 1. The molecule has 2 heterocycles. The molecule has 3 aromatic rings. The summed E-state index contributed by atoms with van der Waals surface area (Å²) in [5.41, 5.74) is 1.66. The van der Waals surface area contributed by atoms with Crippen molar-refractivity contribution in [1.82, 2.24) is 30.8 Å². The average molecular weight is 552 g/mol. The zero-order valence-electron chi connectivity index (χ0n) is 21.8. The number of unbranched alkanes of at least 4 members (excludes halogenated alkanes) is 1. The van der Waals surface area contributed by atoms with Crippen LogP contribution < -0.4 is 5.32 Å². The van der Waals surface area contributed by atoms with E-state index in [1.54, 1.807) is 18.2 Å². The lowest BCUT2D eigenvalue weighted by Gasteiger charge is -2.44. The molecule has 2 aliphatic rings. The minimum atomic E-state index is -0.648. The van der Waals surface area contributed by atoms with Gasteiger partial charge in [-0.15, -0.1) is 10.2 Å². The van der Waals surface area contributed by atoms with Gasteiger partial charge in [0.15, 0.2) is 5.82 Å². The first kappa shape index (κ1) is 26.9. The van der Waals surface area contributed by atoms with E-state index in [0.29, 0.717) is 22.7 Å². The van der Waals surface area contributed by atoms with Gasteiger partial charge in [0.2, 0.25) is 0 Å². The summed E-state index contributed by atoms with van der Waals surface area (Å²) in [4.78, 5) is 33.8. The van der Waals surface area contributed by atoms with E-state index in [1.165, 1.54) is 12.1 Å². The molecule has 0 radical (unpaired) electrons. The highest BCUT2D eigenvalue weighted by atomic mass is 35.5. The summed E-state index contributed by atoms with van der Waals surface area (Å²) in [6.07, 6.45) is 7.27. The Bertz CT molecular complexity index is 1350. The van der Waals surface area contributed by atoms with Crippen molar-refractivity contribution >= 4 is 29.1 Å². The summed E-state index contributed by atoms with van der Waals surface area (Å²) < 4.78 is 13.9. The first-order valence-corrected chi connectivity index (χ1v) is 13.8. The van der Waals surface area contributed by atoms with Gasteiger partial charge in [0.05, 0.1) is 17.6 Å². The maximum Gasteiger partial charge on any atom is 0.275 e. The molecule has 1 aliphatic heterocycles. The van der Waals surface area contributed by atoms with Crippen LogP contribution in [0.4, 0.5) is 4.39 Å². The molecule has 0 saturated heterocycles. The van der Waals surface area contributed by atoms with Crippen molar-refractivity contribution in [2.45, 2.75) is 76.5 Å². The van der Waals surface area contributed by atoms with E-state index in [9.17, 15) is 14.0 Å². The van der Waals surface area contributed by atoms with Crippen LogP contribution in [0.15, 0.2) is 47.5 Å². The number of rotatable bonds is 9. The molecule has 1 spiro atoms. The van der Waals surface area contributed by atoms with Gasteiger partial charge in [-0.3, -0.25) is 14.6 Å². The monoisotopic (exact) mass is 551 g/mol. The topological polar surface area (TPSA) is 116 Å². The Labute approximate surface area is 231 Å². The first-order chi connectivity index (χ1) is 18.9. The molecule has 1 fully saturated rings. The number of carbonyl (C=O) groups is 2. The van der Waals surface area contributed by atoms with E-state index in [1.807, 2.05) is 17.0 Å². The van der Waals surface area contributed by atoms with Crippen LogP contribution in [0.3, 0.4) is 0 Å². The third kappa shape index (κ3) is 5.56. The van der Waals surface area contributed by atoms with E-state index in [4.69, 9.17) is 16.6 Å². The highest BCUT2D eigenvalue weighted by molar-refractivity contribution is 6.47. The fourth-order valence-corrected chi connectivity index (χ4v) is 5.74. The minimum absolute atomic E-state index is 0.0325. The largest absolute Gasteiger partial charge is 0.345 e.